The third-order valence-electron chi connectivity index (χ3n) is 4.16. The lowest BCUT2D eigenvalue weighted by Crippen LogP contribution is -2.45. The van der Waals surface area contributed by atoms with Crippen molar-refractivity contribution < 1.29 is 9.59 Å². The van der Waals surface area contributed by atoms with Gasteiger partial charge in [0.1, 0.15) is 5.69 Å². The van der Waals surface area contributed by atoms with Crippen LogP contribution in [0, 0.1) is 0 Å². The summed E-state index contributed by atoms with van der Waals surface area (Å²) in [5.41, 5.74) is 5.25. The first kappa shape index (κ1) is 17.2. The maximum absolute atomic E-state index is 12.7. The molecule has 0 saturated heterocycles. The van der Waals surface area contributed by atoms with Gasteiger partial charge in [-0.1, -0.05) is 26.2 Å². The molecule has 7 heteroatoms. The summed E-state index contributed by atoms with van der Waals surface area (Å²) in [7, 11) is 0. The van der Waals surface area contributed by atoms with E-state index in [4.69, 9.17) is 5.73 Å². The minimum atomic E-state index is -0.537. The zero-order chi connectivity index (χ0) is 16.8. The average molecular weight is 320 g/mol. The molecule has 0 bridgehead atoms. The first-order chi connectivity index (χ1) is 11.0. The molecule has 2 N–H and O–H groups in total. The van der Waals surface area contributed by atoms with Crippen LogP contribution in [-0.4, -0.2) is 39.1 Å². The molecule has 1 aromatic rings. The van der Waals surface area contributed by atoms with E-state index in [1.54, 1.807) is 0 Å². The molecule has 7 nitrogen and oxygen atoms in total. The Balaban J connectivity index is 2.24. The van der Waals surface area contributed by atoms with Gasteiger partial charge < -0.3 is 10.6 Å². The van der Waals surface area contributed by atoms with Gasteiger partial charge in [0.15, 0.2) is 0 Å². The maximum Gasteiger partial charge on any atom is 0.275 e. The van der Waals surface area contributed by atoms with E-state index in [9.17, 15) is 14.4 Å². The number of rotatable bonds is 7. The largest absolute Gasteiger partial charge is 0.368 e. The van der Waals surface area contributed by atoms with Crippen molar-refractivity contribution in [1.29, 1.82) is 0 Å². The van der Waals surface area contributed by atoms with Gasteiger partial charge in [-0.15, -0.1) is 0 Å². The molecule has 0 radical (unpaired) electrons. The lowest BCUT2D eigenvalue weighted by molar-refractivity contribution is -0.119. The summed E-state index contributed by atoms with van der Waals surface area (Å²) in [5.74, 6) is -0.870. The molecule has 2 rings (SSSR count). The number of aromatic nitrogens is 2. The number of hydrogen-bond donors (Lipinski definition) is 1. The van der Waals surface area contributed by atoms with Crippen molar-refractivity contribution in [3.63, 3.8) is 0 Å². The predicted octanol–water partition coefficient (Wildman–Crippen LogP) is 0.913. The third kappa shape index (κ3) is 4.40. The highest BCUT2D eigenvalue weighted by Crippen LogP contribution is 2.24. The van der Waals surface area contributed by atoms with Crippen LogP contribution in [0.2, 0.25) is 0 Å². The molecule has 1 saturated carbocycles. The van der Waals surface area contributed by atoms with Crippen LogP contribution in [0.3, 0.4) is 0 Å². The summed E-state index contributed by atoms with van der Waals surface area (Å²) in [4.78, 5) is 37.4. The van der Waals surface area contributed by atoms with Gasteiger partial charge in [-0.3, -0.25) is 14.4 Å². The fourth-order valence-corrected chi connectivity index (χ4v) is 2.93. The van der Waals surface area contributed by atoms with E-state index < -0.39 is 5.91 Å². The van der Waals surface area contributed by atoms with Crippen molar-refractivity contribution in [2.45, 2.75) is 58.0 Å². The van der Waals surface area contributed by atoms with Crippen molar-refractivity contribution in [1.82, 2.24) is 14.7 Å². The lowest BCUT2D eigenvalue weighted by atomic mass is 10.2. The molecule has 23 heavy (non-hydrogen) atoms. The third-order valence-corrected chi connectivity index (χ3v) is 4.16. The van der Waals surface area contributed by atoms with Crippen LogP contribution in [-0.2, 0) is 11.3 Å². The molecule has 126 valence electrons. The Morgan fingerprint density at radius 1 is 1.35 bits per heavy atom. The Labute approximate surface area is 135 Å². The number of primary amides is 1. The fraction of sp³-hybridized carbons (Fsp3) is 0.625. The van der Waals surface area contributed by atoms with E-state index in [1.165, 1.54) is 21.7 Å². The Morgan fingerprint density at radius 2 is 2.04 bits per heavy atom. The van der Waals surface area contributed by atoms with Crippen molar-refractivity contribution in [2.24, 2.45) is 5.73 Å². The smallest absolute Gasteiger partial charge is 0.275 e. The average Bonchev–Trinajstić information content (AvgIpc) is 3.05. The molecular formula is C16H24N4O3. The monoisotopic (exact) mass is 320 g/mol. The number of aryl methyl sites for hydroxylation is 1. The van der Waals surface area contributed by atoms with Gasteiger partial charge >= 0.3 is 0 Å². The Morgan fingerprint density at radius 3 is 2.65 bits per heavy atom. The standard InChI is InChI=1S/C16H24N4O3/c1-2-3-10-20-15(22)9-8-13(18-20)16(23)19(11-14(17)21)12-6-4-5-7-12/h8-9,12H,2-7,10-11H2,1H3,(H2,17,21). The first-order valence-corrected chi connectivity index (χ1v) is 8.20. The molecule has 1 aliphatic rings. The van der Waals surface area contributed by atoms with E-state index in [1.807, 2.05) is 6.92 Å². The summed E-state index contributed by atoms with van der Waals surface area (Å²) in [6.45, 7) is 2.39. The van der Waals surface area contributed by atoms with E-state index in [2.05, 4.69) is 5.10 Å². The zero-order valence-electron chi connectivity index (χ0n) is 13.5. The first-order valence-electron chi connectivity index (χ1n) is 8.20. The topological polar surface area (TPSA) is 98.3 Å². The van der Waals surface area contributed by atoms with E-state index in [0.29, 0.717) is 6.54 Å². The molecule has 1 aliphatic carbocycles. The number of nitrogens with two attached hydrogens (primary N) is 1. The minimum absolute atomic E-state index is 0.0211. The molecule has 0 atom stereocenters. The summed E-state index contributed by atoms with van der Waals surface area (Å²) in [5, 5.41) is 4.17. The highest BCUT2D eigenvalue weighted by atomic mass is 16.2. The SMILES string of the molecule is CCCCn1nc(C(=O)N(CC(N)=O)C2CCCC2)ccc1=O. The van der Waals surface area contributed by atoms with Crippen LogP contribution in [0.25, 0.3) is 0 Å². The molecular weight excluding hydrogens is 296 g/mol. The van der Waals surface area contributed by atoms with E-state index in [-0.39, 0.29) is 29.7 Å². The van der Waals surface area contributed by atoms with Crippen LogP contribution < -0.4 is 11.3 Å². The number of carbonyl (C=O) groups is 2. The quantitative estimate of drug-likeness (QED) is 0.807. The van der Waals surface area contributed by atoms with E-state index >= 15 is 0 Å². The van der Waals surface area contributed by atoms with Gasteiger partial charge in [-0.2, -0.15) is 5.10 Å². The minimum Gasteiger partial charge on any atom is -0.368 e. The highest BCUT2D eigenvalue weighted by molar-refractivity contribution is 5.94. The van der Waals surface area contributed by atoms with Crippen molar-refractivity contribution >= 4 is 11.8 Å². The number of hydrogen-bond acceptors (Lipinski definition) is 4. The molecule has 2 amide bonds. The normalized spacial score (nSPS) is 14.8. The fourth-order valence-electron chi connectivity index (χ4n) is 2.93. The Kier molecular flexibility index (Phi) is 5.90. The Hall–Kier alpha value is -2.18. The van der Waals surface area contributed by atoms with Gasteiger partial charge in [0.2, 0.25) is 5.91 Å². The van der Waals surface area contributed by atoms with Crippen LogP contribution >= 0.6 is 0 Å². The van der Waals surface area contributed by atoms with Crippen LogP contribution in [0.1, 0.15) is 55.9 Å². The molecule has 1 fully saturated rings. The highest BCUT2D eigenvalue weighted by Gasteiger charge is 2.29. The van der Waals surface area contributed by atoms with Crippen LogP contribution in [0.5, 0.6) is 0 Å². The van der Waals surface area contributed by atoms with Gasteiger partial charge in [-0.25, -0.2) is 4.68 Å². The summed E-state index contributed by atoms with van der Waals surface area (Å²) in [6.07, 6.45) is 5.57. The maximum atomic E-state index is 12.7. The molecule has 1 aromatic heterocycles. The van der Waals surface area contributed by atoms with Crippen LogP contribution in [0.15, 0.2) is 16.9 Å². The number of carbonyl (C=O) groups excluding carboxylic acids is 2. The number of unbranched alkanes of at least 4 members (excludes halogenated alkanes) is 1. The van der Waals surface area contributed by atoms with Gasteiger partial charge in [0.05, 0.1) is 6.54 Å². The predicted molar refractivity (Wildman–Crippen MR) is 85.9 cm³/mol. The molecule has 0 aliphatic heterocycles. The van der Waals surface area contributed by atoms with Crippen molar-refractivity contribution in [3.05, 3.63) is 28.2 Å². The van der Waals surface area contributed by atoms with Gasteiger partial charge in [-0.05, 0) is 25.3 Å². The Bertz CT molecular complexity index is 620. The summed E-state index contributed by atoms with van der Waals surface area (Å²) >= 11 is 0. The number of nitrogens with zero attached hydrogens (tertiary/aromatic N) is 3. The second-order valence-electron chi connectivity index (χ2n) is 5.97. The van der Waals surface area contributed by atoms with E-state index in [0.717, 1.165) is 38.5 Å². The second kappa shape index (κ2) is 7.89. The van der Waals surface area contributed by atoms with Crippen LogP contribution in [0.4, 0.5) is 0 Å². The van der Waals surface area contributed by atoms with Crippen molar-refractivity contribution in [3.8, 4) is 0 Å². The van der Waals surface area contributed by atoms with Gasteiger partial charge in [0, 0.05) is 18.7 Å². The summed E-state index contributed by atoms with van der Waals surface area (Å²) in [6, 6.07) is 2.80. The second-order valence-corrected chi connectivity index (χ2v) is 5.97. The molecule has 1 heterocycles. The van der Waals surface area contributed by atoms with Crippen molar-refractivity contribution in [2.75, 3.05) is 6.54 Å². The zero-order valence-corrected chi connectivity index (χ0v) is 13.5. The summed E-state index contributed by atoms with van der Waals surface area (Å²) < 4.78 is 1.31. The number of amides is 2. The molecule has 0 aromatic carbocycles. The molecule has 0 unspecified atom stereocenters. The van der Waals surface area contributed by atoms with Gasteiger partial charge in [0.25, 0.3) is 11.5 Å². The lowest BCUT2D eigenvalue weighted by Gasteiger charge is -2.27. The molecule has 0 spiro atoms.